The van der Waals surface area contributed by atoms with Crippen molar-refractivity contribution in [1.82, 2.24) is 4.90 Å². The Kier molecular flexibility index (Phi) is 3.17. The van der Waals surface area contributed by atoms with Crippen LogP contribution in [0.5, 0.6) is 0 Å². The summed E-state index contributed by atoms with van der Waals surface area (Å²) < 4.78 is 0. The normalized spacial score (nSPS) is 34.3. The van der Waals surface area contributed by atoms with E-state index in [-0.39, 0.29) is 0 Å². The highest BCUT2D eigenvalue weighted by Gasteiger charge is 2.34. The molecule has 1 saturated heterocycles. The van der Waals surface area contributed by atoms with E-state index in [2.05, 4.69) is 35.2 Å². The average molecular weight is 230 g/mol. The fraction of sp³-hybridized carbons (Fsp3) is 0.600. The predicted molar refractivity (Wildman–Crippen MR) is 70.7 cm³/mol. The molecule has 1 saturated carbocycles. The van der Waals surface area contributed by atoms with E-state index in [1.807, 2.05) is 0 Å². The third-order valence-electron chi connectivity index (χ3n) is 4.39. The second kappa shape index (κ2) is 4.79. The summed E-state index contributed by atoms with van der Waals surface area (Å²) in [7, 11) is 0. The highest BCUT2D eigenvalue weighted by molar-refractivity contribution is 5.20. The maximum atomic E-state index is 6.05. The van der Waals surface area contributed by atoms with Crippen molar-refractivity contribution >= 4 is 0 Å². The number of hydrogen-bond donors (Lipinski definition) is 1. The lowest BCUT2D eigenvalue weighted by molar-refractivity contribution is 0.181. The van der Waals surface area contributed by atoms with Gasteiger partial charge >= 0.3 is 0 Å². The van der Waals surface area contributed by atoms with Gasteiger partial charge < -0.3 is 5.73 Å². The smallest absolute Gasteiger partial charge is 0.0351 e. The molecule has 1 aliphatic heterocycles. The Morgan fingerprint density at radius 3 is 2.59 bits per heavy atom. The number of hydrogen-bond acceptors (Lipinski definition) is 2. The largest absolute Gasteiger partial charge is 0.328 e. The highest BCUT2D eigenvalue weighted by atomic mass is 15.2. The molecule has 92 valence electrons. The minimum atomic E-state index is 0.442. The van der Waals surface area contributed by atoms with Crippen LogP contribution in [0.2, 0.25) is 0 Å². The Bertz CT molecular complexity index is 362. The lowest BCUT2D eigenvalue weighted by atomic mass is 10.0. The standard InChI is InChI=1S/C15H22N2/c16-13-8-9-14(11-13)17-10-4-7-15(17)12-5-2-1-3-6-12/h1-3,5-6,13-15H,4,7-11,16H2. The van der Waals surface area contributed by atoms with Gasteiger partial charge in [-0.15, -0.1) is 0 Å². The number of nitrogens with zero attached hydrogens (tertiary/aromatic N) is 1. The fourth-order valence-electron chi connectivity index (χ4n) is 3.55. The van der Waals surface area contributed by atoms with Gasteiger partial charge in [0.1, 0.15) is 0 Å². The molecule has 2 N–H and O–H groups in total. The van der Waals surface area contributed by atoms with E-state index in [4.69, 9.17) is 5.73 Å². The quantitative estimate of drug-likeness (QED) is 0.846. The molecular formula is C15H22N2. The molecule has 2 nitrogen and oxygen atoms in total. The van der Waals surface area contributed by atoms with Gasteiger partial charge in [-0.2, -0.15) is 0 Å². The van der Waals surface area contributed by atoms with Crippen LogP contribution < -0.4 is 5.73 Å². The molecule has 0 bridgehead atoms. The minimum Gasteiger partial charge on any atom is -0.328 e. The van der Waals surface area contributed by atoms with Crippen LogP contribution in [0.15, 0.2) is 30.3 Å². The van der Waals surface area contributed by atoms with Gasteiger partial charge in [-0.1, -0.05) is 30.3 Å². The number of benzene rings is 1. The van der Waals surface area contributed by atoms with E-state index in [1.54, 1.807) is 0 Å². The van der Waals surface area contributed by atoms with Crippen molar-refractivity contribution in [3.63, 3.8) is 0 Å². The van der Waals surface area contributed by atoms with Crippen molar-refractivity contribution in [2.75, 3.05) is 6.54 Å². The Hall–Kier alpha value is -0.860. The molecular weight excluding hydrogens is 208 g/mol. The fourth-order valence-corrected chi connectivity index (χ4v) is 3.55. The summed E-state index contributed by atoms with van der Waals surface area (Å²) in [6.07, 6.45) is 6.36. The van der Waals surface area contributed by atoms with Gasteiger partial charge in [0.25, 0.3) is 0 Å². The first kappa shape index (κ1) is 11.2. The van der Waals surface area contributed by atoms with E-state index in [0.717, 1.165) is 6.04 Å². The molecule has 17 heavy (non-hydrogen) atoms. The van der Waals surface area contributed by atoms with Crippen LogP contribution in [0.1, 0.15) is 43.7 Å². The van der Waals surface area contributed by atoms with E-state index in [9.17, 15) is 0 Å². The average Bonchev–Trinajstić information content (AvgIpc) is 2.98. The highest BCUT2D eigenvalue weighted by Crippen LogP contribution is 2.37. The summed E-state index contributed by atoms with van der Waals surface area (Å²) in [5.74, 6) is 0. The number of rotatable bonds is 2. The van der Waals surface area contributed by atoms with E-state index < -0.39 is 0 Å². The zero-order valence-corrected chi connectivity index (χ0v) is 10.4. The summed E-state index contributed by atoms with van der Waals surface area (Å²) in [6, 6.07) is 12.8. The lowest BCUT2D eigenvalue weighted by Gasteiger charge is -2.30. The lowest BCUT2D eigenvalue weighted by Crippen LogP contribution is -2.34. The van der Waals surface area contributed by atoms with Crippen molar-refractivity contribution < 1.29 is 0 Å². The van der Waals surface area contributed by atoms with Crippen molar-refractivity contribution in [3.8, 4) is 0 Å². The molecule has 0 aromatic heterocycles. The Labute approximate surface area is 104 Å². The third-order valence-corrected chi connectivity index (χ3v) is 4.39. The van der Waals surface area contributed by atoms with Gasteiger partial charge in [0.15, 0.2) is 0 Å². The molecule has 2 aliphatic rings. The van der Waals surface area contributed by atoms with Crippen LogP contribution in [0.3, 0.4) is 0 Å². The summed E-state index contributed by atoms with van der Waals surface area (Å²) in [5.41, 5.74) is 7.54. The maximum Gasteiger partial charge on any atom is 0.0351 e. The first-order chi connectivity index (χ1) is 8.34. The summed E-state index contributed by atoms with van der Waals surface area (Å²) >= 11 is 0. The Balaban J connectivity index is 1.76. The zero-order valence-electron chi connectivity index (χ0n) is 10.4. The SMILES string of the molecule is NC1CCC(N2CCCC2c2ccccc2)C1. The van der Waals surface area contributed by atoms with Crippen LogP contribution in [0, 0.1) is 0 Å². The molecule has 1 aromatic carbocycles. The monoisotopic (exact) mass is 230 g/mol. The number of likely N-dealkylation sites (tertiary alicyclic amines) is 1. The predicted octanol–water partition coefficient (Wildman–Crippen LogP) is 2.70. The molecule has 0 radical (unpaired) electrons. The van der Waals surface area contributed by atoms with Crippen LogP contribution in [0.4, 0.5) is 0 Å². The van der Waals surface area contributed by atoms with Gasteiger partial charge in [-0.3, -0.25) is 4.90 Å². The summed E-state index contributed by atoms with van der Waals surface area (Å²) in [6.45, 7) is 1.26. The van der Waals surface area contributed by atoms with Crippen LogP contribution >= 0.6 is 0 Å². The molecule has 0 spiro atoms. The molecule has 1 heterocycles. The maximum absolute atomic E-state index is 6.05. The zero-order chi connectivity index (χ0) is 11.7. The van der Waals surface area contributed by atoms with Crippen molar-refractivity contribution in [3.05, 3.63) is 35.9 Å². The third kappa shape index (κ3) is 2.24. The molecule has 3 unspecified atom stereocenters. The van der Waals surface area contributed by atoms with Gasteiger partial charge in [0.05, 0.1) is 0 Å². The van der Waals surface area contributed by atoms with E-state index in [0.29, 0.717) is 12.1 Å². The first-order valence-electron chi connectivity index (χ1n) is 6.91. The second-order valence-corrected chi connectivity index (χ2v) is 5.53. The Morgan fingerprint density at radius 1 is 1.06 bits per heavy atom. The Morgan fingerprint density at radius 2 is 1.88 bits per heavy atom. The van der Waals surface area contributed by atoms with Crippen LogP contribution in [0.25, 0.3) is 0 Å². The minimum absolute atomic E-state index is 0.442. The van der Waals surface area contributed by atoms with E-state index >= 15 is 0 Å². The van der Waals surface area contributed by atoms with Crippen molar-refractivity contribution in [1.29, 1.82) is 0 Å². The van der Waals surface area contributed by atoms with E-state index in [1.165, 1.54) is 44.2 Å². The topological polar surface area (TPSA) is 29.3 Å². The number of nitrogens with two attached hydrogens (primary N) is 1. The van der Waals surface area contributed by atoms with Gasteiger partial charge in [-0.25, -0.2) is 0 Å². The summed E-state index contributed by atoms with van der Waals surface area (Å²) in [5, 5.41) is 0. The summed E-state index contributed by atoms with van der Waals surface area (Å²) in [4.78, 5) is 2.71. The van der Waals surface area contributed by atoms with Crippen LogP contribution in [-0.2, 0) is 0 Å². The molecule has 1 aliphatic carbocycles. The van der Waals surface area contributed by atoms with Gasteiger partial charge in [-0.05, 0) is 44.2 Å². The molecule has 2 fully saturated rings. The molecule has 0 amide bonds. The van der Waals surface area contributed by atoms with Crippen molar-refractivity contribution in [2.24, 2.45) is 5.73 Å². The van der Waals surface area contributed by atoms with Crippen LogP contribution in [-0.4, -0.2) is 23.5 Å². The first-order valence-corrected chi connectivity index (χ1v) is 6.91. The van der Waals surface area contributed by atoms with Gasteiger partial charge in [0.2, 0.25) is 0 Å². The van der Waals surface area contributed by atoms with Crippen molar-refractivity contribution in [2.45, 2.75) is 50.2 Å². The molecule has 3 rings (SSSR count). The molecule has 2 heteroatoms. The second-order valence-electron chi connectivity index (χ2n) is 5.53. The molecule has 1 aromatic rings. The molecule has 3 atom stereocenters. The van der Waals surface area contributed by atoms with Gasteiger partial charge in [0, 0.05) is 18.1 Å².